The number of rotatable bonds is 4. The van der Waals surface area contributed by atoms with Crippen molar-refractivity contribution in [2.45, 2.75) is 6.04 Å². The van der Waals surface area contributed by atoms with E-state index in [9.17, 15) is 0 Å². The van der Waals surface area contributed by atoms with Gasteiger partial charge in [0, 0.05) is 29.6 Å². The van der Waals surface area contributed by atoms with Gasteiger partial charge in [0.25, 0.3) is 0 Å². The standard InChI is InChI=1S/C14H17BrN2S/c1-16-14(12-8-18-9-13(12)15)10-4-6-11(7-5-10)17(2)3/h4-9,14,16H,1-3H3. The molecule has 1 atom stereocenters. The Morgan fingerprint density at radius 2 is 1.83 bits per heavy atom. The van der Waals surface area contributed by atoms with E-state index in [4.69, 9.17) is 0 Å². The Morgan fingerprint density at radius 3 is 2.28 bits per heavy atom. The van der Waals surface area contributed by atoms with Crippen LogP contribution in [0.25, 0.3) is 0 Å². The molecule has 0 bridgehead atoms. The highest BCUT2D eigenvalue weighted by molar-refractivity contribution is 9.10. The van der Waals surface area contributed by atoms with Crippen LogP contribution in [0.1, 0.15) is 17.2 Å². The minimum absolute atomic E-state index is 0.238. The van der Waals surface area contributed by atoms with Gasteiger partial charge in [-0.15, -0.1) is 0 Å². The van der Waals surface area contributed by atoms with Crippen molar-refractivity contribution in [3.8, 4) is 0 Å². The fourth-order valence-electron chi connectivity index (χ4n) is 1.96. The zero-order valence-corrected chi connectivity index (χ0v) is 13.2. The summed E-state index contributed by atoms with van der Waals surface area (Å²) in [6.45, 7) is 0. The molecule has 0 radical (unpaired) electrons. The molecule has 2 aromatic rings. The summed E-state index contributed by atoms with van der Waals surface area (Å²) < 4.78 is 1.17. The van der Waals surface area contributed by atoms with Crippen LogP contribution in [0.3, 0.4) is 0 Å². The van der Waals surface area contributed by atoms with E-state index in [1.54, 1.807) is 11.3 Å². The van der Waals surface area contributed by atoms with Gasteiger partial charge >= 0.3 is 0 Å². The van der Waals surface area contributed by atoms with Crippen molar-refractivity contribution in [1.82, 2.24) is 5.32 Å². The van der Waals surface area contributed by atoms with Crippen LogP contribution in [-0.4, -0.2) is 21.1 Å². The summed E-state index contributed by atoms with van der Waals surface area (Å²) in [5.74, 6) is 0. The summed E-state index contributed by atoms with van der Waals surface area (Å²) >= 11 is 5.32. The van der Waals surface area contributed by atoms with Crippen molar-refractivity contribution in [3.05, 3.63) is 50.6 Å². The van der Waals surface area contributed by atoms with Crippen LogP contribution >= 0.6 is 27.3 Å². The molecule has 2 nitrogen and oxygen atoms in total. The quantitative estimate of drug-likeness (QED) is 0.918. The molecule has 1 unspecified atom stereocenters. The van der Waals surface area contributed by atoms with Crippen LogP contribution in [0.15, 0.2) is 39.5 Å². The molecule has 1 heterocycles. The Hall–Kier alpha value is -0.840. The third-order valence-electron chi connectivity index (χ3n) is 2.98. The van der Waals surface area contributed by atoms with Crippen molar-refractivity contribution < 1.29 is 0 Å². The summed E-state index contributed by atoms with van der Waals surface area (Å²) in [6.07, 6.45) is 0. The summed E-state index contributed by atoms with van der Waals surface area (Å²) in [4.78, 5) is 2.11. The fraction of sp³-hybridized carbons (Fsp3) is 0.286. The Bertz CT molecular complexity index is 505. The summed E-state index contributed by atoms with van der Waals surface area (Å²) in [6, 6.07) is 8.91. The van der Waals surface area contributed by atoms with E-state index in [1.807, 2.05) is 7.05 Å². The topological polar surface area (TPSA) is 15.3 Å². The van der Waals surface area contributed by atoms with Gasteiger partial charge < -0.3 is 10.2 Å². The third-order valence-corrected chi connectivity index (χ3v) is 4.74. The van der Waals surface area contributed by atoms with Crippen LogP contribution in [0, 0.1) is 0 Å². The summed E-state index contributed by atoms with van der Waals surface area (Å²) in [5, 5.41) is 7.68. The van der Waals surface area contributed by atoms with Gasteiger partial charge in [0.05, 0.1) is 6.04 Å². The molecule has 96 valence electrons. The predicted octanol–water partition coefficient (Wildman–Crippen LogP) is 3.89. The van der Waals surface area contributed by atoms with Crippen molar-refractivity contribution in [3.63, 3.8) is 0 Å². The number of hydrogen-bond donors (Lipinski definition) is 1. The summed E-state index contributed by atoms with van der Waals surface area (Å²) in [5.41, 5.74) is 3.79. The van der Waals surface area contributed by atoms with Crippen LogP contribution in [0.5, 0.6) is 0 Å². The molecule has 4 heteroatoms. The molecule has 0 spiro atoms. The maximum absolute atomic E-state index is 3.60. The van der Waals surface area contributed by atoms with Gasteiger partial charge in [-0.3, -0.25) is 0 Å². The van der Waals surface area contributed by atoms with E-state index < -0.39 is 0 Å². The molecule has 1 aromatic heterocycles. The van der Waals surface area contributed by atoms with Crippen molar-refractivity contribution in [2.24, 2.45) is 0 Å². The van der Waals surface area contributed by atoms with Crippen molar-refractivity contribution in [2.75, 3.05) is 26.0 Å². The van der Waals surface area contributed by atoms with E-state index in [-0.39, 0.29) is 6.04 Å². The van der Waals surface area contributed by atoms with Gasteiger partial charge in [-0.05, 0) is 51.6 Å². The van der Waals surface area contributed by atoms with E-state index in [2.05, 4.69) is 75.3 Å². The second-order valence-electron chi connectivity index (χ2n) is 4.38. The molecule has 0 saturated carbocycles. The zero-order valence-electron chi connectivity index (χ0n) is 10.8. The second kappa shape index (κ2) is 5.87. The first kappa shape index (κ1) is 13.6. The highest BCUT2D eigenvalue weighted by Gasteiger charge is 2.15. The normalized spacial score (nSPS) is 12.4. The van der Waals surface area contributed by atoms with E-state index in [1.165, 1.54) is 21.3 Å². The lowest BCUT2D eigenvalue weighted by atomic mass is 10.0. The van der Waals surface area contributed by atoms with Gasteiger partial charge in [0.2, 0.25) is 0 Å². The monoisotopic (exact) mass is 324 g/mol. The number of nitrogens with one attached hydrogen (secondary N) is 1. The lowest BCUT2D eigenvalue weighted by Gasteiger charge is -2.18. The highest BCUT2D eigenvalue weighted by Crippen LogP contribution is 2.31. The first-order valence-corrected chi connectivity index (χ1v) is 7.53. The fourth-order valence-corrected chi connectivity index (χ4v) is 3.52. The van der Waals surface area contributed by atoms with Gasteiger partial charge in [-0.2, -0.15) is 11.3 Å². The van der Waals surface area contributed by atoms with Crippen LogP contribution in [0.2, 0.25) is 0 Å². The highest BCUT2D eigenvalue weighted by atomic mass is 79.9. The second-order valence-corrected chi connectivity index (χ2v) is 5.98. The van der Waals surface area contributed by atoms with Gasteiger partial charge in [-0.25, -0.2) is 0 Å². The predicted molar refractivity (Wildman–Crippen MR) is 83.7 cm³/mol. The minimum atomic E-state index is 0.238. The molecule has 0 fully saturated rings. The minimum Gasteiger partial charge on any atom is -0.378 e. The molecular weight excluding hydrogens is 308 g/mol. The molecule has 0 aliphatic carbocycles. The number of hydrogen-bond acceptors (Lipinski definition) is 3. The average Bonchev–Trinajstić information content (AvgIpc) is 2.78. The summed E-state index contributed by atoms with van der Waals surface area (Å²) in [7, 11) is 6.11. The van der Waals surface area contributed by atoms with E-state index in [0.29, 0.717) is 0 Å². The third kappa shape index (κ3) is 2.76. The maximum Gasteiger partial charge on any atom is 0.0593 e. The number of benzene rings is 1. The largest absolute Gasteiger partial charge is 0.378 e. The van der Waals surface area contributed by atoms with Crippen molar-refractivity contribution >= 4 is 33.0 Å². The molecule has 0 amide bonds. The Kier molecular flexibility index (Phi) is 4.43. The number of anilines is 1. The number of nitrogens with zero attached hydrogens (tertiary/aromatic N) is 1. The molecule has 0 aliphatic rings. The number of halogens is 1. The molecule has 0 aliphatic heterocycles. The molecular formula is C14H17BrN2S. The Balaban J connectivity index is 2.31. The number of thiophene rings is 1. The smallest absolute Gasteiger partial charge is 0.0593 e. The Labute approximate surface area is 121 Å². The maximum atomic E-state index is 3.60. The van der Waals surface area contributed by atoms with Gasteiger partial charge in [0.1, 0.15) is 0 Å². The Morgan fingerprint density at radius 1 is 1.17 bits per heavy atom. The molecule has 1 aromatic carbocycles. The van der Waals surface area contributed by atoms with Gasteiger partial charge in [-0.1, -0.05) is 12.1 Å². The van der Waals surface area contributed by atoms with Crippen LogP contribution in [-0.2, 0) is 0 Å². The molecule has 0 saturated heterocycles. The van der Waals surface area contributed by atoms with Crippen molar-refractivity contribution in [1.29, 1.82) is 0 Å². The lowest BCUT2D eigenvalue weighted by molar-refractivity contribution is 0.691. The van der Waals surface area contributed by atoms with E-state index >= 15 is 0 Å². The van der Waals surface area contributed by atoms with Crippen LogP contribution < -0.4 is 10.2 Å². The molecule has 18 heavy (non-hydrogen) atoms. The first-order chi connectivity index (χ1) is 8.63. The SMILES string of the molecule is CNC(c1ccc(N(C)C)cc1)c1cscc1Br. The van der Waals surface area contributed by atoms with Crippen LogP contribution in [0.4, 0.5) is 5.69 Å². The average molecular weight is 325 g/mol. The molecule has 1 N–H and O–H groups in total. The lowest BCUT2D eigenvalue weighted by Crippen LogP contribution is -2.17. The first-order valence-electron chi connectivity index (χ1n) is 5.79. The van der Waals surface area contributed by atoms with E-state index in [0.717, 1.165) is 0 Å². The molecule has 2 rings (SSSR count). The van der Waals surface area contributed by atoms with Gasteiger partial charge in [0.15, 0.2) is 0 Å². The zero-order chi connectivity index (χ0) is 13.1.